The zero-order valence-electron chi connectivity index (χ0n) is 10.0. The molecule has 0 amide bonds. The lowest BCUT2D eigenvalue weighted by atomic mass is 10.1. The first kappa shape index (κ1) is 14.1. The average Bonchev–Trinajstić information content (AvgIpc) is 2.89. The molecule has 2 aromatic rings. The molecule has 0 bridgehead atoms. The van der Waals surface area contributed by atoms with Gasteiger partial charge in [0.15, 0.2) is 0 Å². The number of nitrogens with one attached hydrogen (secondary N) is 2. The molecule has 2 N–H and O–H groups in total. The Labute approximate surface area is 127 Å². The lowest BCUT2D eigenvalue weighted by molar-refractivity contribution is 0.0601. The number of esters is 1. The highest BCUT2D eigenvalue weighted by molar-refractivity contribution is 9.11. The number of anilines is 1. The predicted molar refractivity (Wildman–Crippen MR) is 79.1 cm³/mol. The van der Waals surface area contributed by atoms with Gasteiger partial charge in [0.1, 0.15) is 0 Å². The highest BCUT2D eigenvalue weighted by Gasteiger charge is 2.16. The maximum atomic E-state index is 11.8. The minimum absolute atomic E-state index is 0.394. The number of ether oxygens (including phenoxy) is 1. The first-order valence-electron chi connectivity index (χ1n) is 5.41. The highest BCUT2D eigenvalue weighted by atomic mass is 79.9. The Morgan fingerprint density at radius 1 is 1.47 bits per heavy atom. The molecule has 0 fully saturated rings. The van der Waals surface area contributed by atoms with Gasteiger partial charge < -0.3 is 10.1 Å². The van der Waals surface area contributed by atoms with E-state index in [1.807, 2.05) is 12.1 Å². The fourth-order valence-corrected chi connectivity index (χ4v) is 2.96. The van der Waals surface area contributed by atoms with Crippen molar-refractivity contribution in [3.63, 3.8) is 0 Å². The molecule has 1 aromatic heterocycles. The molecule has 7 heteroatoms. The standard InChI is InChI=1S/C12H11Br2N3O2/c1-19-12(18)9-4-7(13)5-10(14)11(9)15-6-8-2-3-16-17-8/h2-5,15H,6H2,1H3,(H,16,17). The Bertz CT molecular complexity index is 585. The number of hydrogen-bond acceptors (Lipinski definition) is 4. The van der Waals surface area contributed by atoms with Gasteiger partial charge >= 0.3 is 5.97 Å². The third-order valence-electron chi connectivity index (χ3n) is 2.47. The number of nitrogens with zero attached hydrogens (tertiary/aromatic N) is 1. The first-order valence-corrected chi connectivity index (χ1v) is 7.00. The van der Waals surface area contributed by atoms with Gasteiger partial charge in [0.2, 0.25) is 0 Å². The molecule has 0 saturated heterocycles. The SMILES string of the molecule is COC(=O)c1cc(Br)cc(Br)c1NCc1ccn[nH]1. The molecule has 0 saturated carbocycles. The minimum Gasteiger partial charge on any atom is -0.465 e. The van der Waals surface area contributed by atoms with Crippen LogP contribution in [-0.4, -0.2) is 23.3 Å². The van der Waals surface area contributed by atoms with Gasteiger partial charge in [0, 0.05) is 15.1 Å². The van der Waals surface area contributed by atoms with Gasteiger partial charge in [-0.25, -0.2) is 4.79 Å². The zero-order chi connectivity index (χ0) is 13.8. The van der Waals surface area contributed by atoms with Crippen LogP contribution >= 0.6 is 31.9 Å². The summed E-state index contributed by atoms with van der Waals surface area (Å²) in [5.74, 6) is -0.394. The largest absolute Gasteiger partial charge is 0.465 e. The second-order valence-corrected chi connectivity index (χ2v) is 5.51. The number of aromatic nitrogens is 2. The molecule has 0 unspecified atom stereocenters. The van der Waals surface area contributed by atoms with Crippen LogP contribution in [0.3, 0.4) is 0 Å². The van der Waals surface area contributed by atoms with Gasteiger partial charge in [-0.3, -0.25) is 5.10 Å². The summed E-state index contributed by atoms with van der Waals surface area (Å²) in [6.07, 6.45) is 1.68. The van der Waals surface area contributed by atoms with Gasteiger partial charge in [0.05, 0.1) is 30.6 Å². The maximum Gasteiger partial charge on any atom is 0.340 e. The number of H-pyrrole nitrogens is 1. The fraction of sp³-hybridized carbons (Fsp3) is 0.167. The van der Waals surface area contributed by atoms with Crippen LogP contribution in [0.25, 0.3) is 0 Å². The Hall–Kier alpha value is -1.34. The molecule has 0 aliphatic heterocycles. The van der Waals surface area contributed by atoms with Crippen LogP contribution in [0.5, 0.6) is 0 Å². The van der Waals surface area contributed by atoms with E-state index in [0.717, 1.165) is 14.6 Å². The smallest absolute Gasteiger partial charge is 0.340 e. The van der Waals surface area contributed by atoms with E-state index in [1.165, 1.54) is 7.11 Å². The molecule has 1 aromatic carbocycles. The monoisotopic (exact) mass is 387 g/mol. The molecule has 5 nitrogen and oxygen atoms in total. The van der Waals surface area contributed by atoms with Crippen LogP contribution in [0.4, 0.5) is 5.69 Å². The number of methoxy groups -OCH3 is 1. The van der Waals surface area contributed by atoms with Crippen molar-refractivity contribution in [1.82, 2.24) is 10.2 Å². The Morgan fingerprint density at radius 3 is 2.89 bits per heavy atom. The maximum absolute atomic E-state index is 11.8. The number of benzene rings is 1. The summed E-state index contributed by atoms with van der Waals surface area (Å²) < 4.78 is 6.36. The van der Waals surface area contributed by atoms with E-state index in [9.17, 15) is 4.79 Å². The van der Waals surface area contributed by atoms with Crippen LogP contribution in [0.1, 0.15) is 16.1 Å². The van der Waals surface area contributed by atoms with E-state index in [-0.39, 0.29) is 0 Å². The summed E-state index contributed by atoms with van der Waals surface area (Å²) in [6.45, 7) is 0.532. The van der Waals surface area contributed by atoms with Crippen molar-refractivity contribution in [3.05, 3.63) is 44.6 Å². The molecule has 0 spiro atoms. The summed E-state index contributed by atoms with van der Waals surface area (Å²) in [4.78, 5) is 11.8. The van der Waals surface area contributed by atoms with Crippen LogP contribution < -0.4 is 5.32 Å². The third kappa shape index (κ3) is 3.36. The topological polar surface area (TPSA) is 67.0 Å². The van der Waals surface area contributed by atoms with Crippen LogP contribution in [0, 0.1) is 0 Å². The molecule has 0 radical (unpaired) electrons. The van der Waals surface area contributed by atoms with Crippen molar-refractivity contribution in [3.8, 4) is 0 Å². The highest BCUT2D eigenvalue weighted by Crippen LogP contribution is 2.31. The summed E-state index contributed by atoms with van der Waals surface area (Å²) in [7, 11) is 1.36. The quantitative estimate of drug-likeness (QED) is 0.788. The lowest BCUT2D eigenvalue weighted by Crippen LogP contribution is -2.09. The Kier molecular flexibility index (Phi) is 4.60. The van der Waals surface area contributed by atoms with Crippen molar-refractivity contribution < 1.29 is 9.53 Å². The molecule has 0 aliphatic carbocycles. The Balaban J connectivity index is 2.29. The van der Waals surface area contributed by atoms with Crippen molar-refractivity contribution in [2.24, 2.45) is 0 Å². The van der Waals surface area contributed by atoms with Crippen molar-refractivity contribution >= 4 is 43.5 Å². The van der Waals surface area contributed by atoms with Gasteiger partial charge in [-0.2, -0.15) is 5.10 Å². The summed E-state index contributed by atoms with van der Waals surface area (Å²) in [5, 5.41) is 9.90. The second kappa shape index (κ2) is 6.21. The van der Waals surface area contributed by atoms with Crippen LogP contribution in [0.2, 0.25) is 0 Å². The zero-order valence-corrected chi connectivity index (χ0v) is 13.2. The lowest BCUT2D eigenvalue weighted by Gasteiger charge is -2.13. The van der Waals surface area contributed by atoms with Crippen molar-refractivity contribution in [2.75, 3.05) is 12.4 Å². The summed E-state index contributed by atoms with van der Waals surface area (Å²) >= 11 is 6.79. The van der Waals surface area contributed by atoms with Gasteiger partial charge in [-0.15, -0.1) is 0 Å². The molecule has 2 rings (SSSR count). The molecule has 0 aliphatic rings. The third-order valence-corrected chi connectivity index (χ3v) is 3.56. The number of carbonyl (C=O) groups excluding carboxylic acids is 1. The van der Waals surface area contributed by atoms with Crippen molar-refractivity contribution in [2.45, 2.75) is 6.54 Å². The van der Waals surface area contributed by atoms with E-state index in [1.54, 1.807) is 12.3 Å². The molecule has 1 heterocycles. The number of carbonyl (C=O) groups is 1. The van der Waals surface area contributed by atoms with Crippen LogP contribution in [-0.2, 0) is 11.3 Å². The summed E-state index contributed by atoms with van der Waals surface area (Å²) in [6, 6.07) is 5.44. The molecule has 100 valence electrons. The minimum atomic E-state index is -0.394. The van der Waals surface area contributed by atoms with E-state index < -0.39 is 5.97 Å². The van der Waals surface area contributed by atoms with Crippen molar-refractivity contribution in [1.29, 1.82) is 0 Å². The van der Waals surface area contributed by atoms with E-state index >= 15 is 0 Å². The second-order valence-electron chi connectivity index (χ2n) is 3.74. The van der Waals surface area contributed by atoms with Gasteiger partial charge in [-0.1, -0.05) is 15.9 Å². The molecule has 19 heavy (non-hydrogen) atoms. The molecular weight excluding hydrogens is 378 g/mol. The number of aromatic amines is 1. The number of rotatable bonds is 4. The van der Waals surface area contributed by atoms with E-state index in [0.29, 0.717) is 17.8 Å². The molecular formula is C12H11Br2N3O2. The summed E-state index contributed by atoms with van der Waals surface area (Å²) in [5.41, 5.74) is 2.07. The van der Waals surface area contributed by atoms with E-state index in [2.05, 4.69) is 47.4 Å². The first-order chi connectivity index (χ1) is 9.11. The van der Waals surface area contributed by atoms with Gasteiger partial charge in [0.25, 0.3) is 0 Å². The van der Waals surface area contributed by atoms with E-state index in [4.69, 9.17) is 4.74 Å². The fourth-order valence-electron chi connectivity index (χ4n) is 1.59. The Morgan fingerprint density at radius 2 is 2.26 bits per heavy atom. The predicted octanol–water partition coefficient (Wildman–Crippen LogP) is 3.33. The number of halogens is 2. The normalized spacial score (nSPS) is 10.3. The van der Waals surface area contributed by atoms with Crippen LogP contribution in [0.15, 0.2) is 33.3 Å². The molecule has 0 atom stereocenters. The number of hydrogen-bond donors (Lipinski definition) is 2. The van der Waals surface area contributed by atoms with Gasteiger partial charge in [-0.05, 0) is 34.1 Å². The average molecular weight is 389 g/mol.